The molecule has 4 nitrogen and oxygen atoms in total. The third-order valence-corrected chi connectivity index (χ3v) is 6.56. The number of benzene rings is 1. The molecule has 0 aliphatic rings. The summed E-state index contributed by atoms with van der Waals surface area (Å²) in [5.74, 6) is 0. The Morgan fingerprint density at radius 3 is 2.20 bits per heavy atom. The molecule has 190 valence electrons. The fourth-order valence-corrected chi connectivity index (χ4v) is 4.44. The largest absolute Gasteiger partial charge is 0.320 e. The molecule has 3 rings (SSSR count). The Balaban J connectivity index is 0.00000210. The first-order valence-corrected chi connectivity index (χ1v) is 13.1. The molecule has 4 heteroatoms. The number of pyridine rings is 2. The fourth-order valence-electron chi connectivity index (χ4n) is 4.44. The van der Waals surface area contributed by atoms with Crippen LogP contribution in [0.25, 0.3) is 0 Å². The molecule has 0 saturated heterocycles. The van der Waals surface area contributed by atoms with Gasteiger partial charge in [0.05, 0.1) is 11.4 Å². The summed E-state index contributed by atoms with van der Waals surface area (Å²) in [7, 11) is 2.02. The van der Waals surface area contributed by atoms with Crippen molar-refractivity contribution in [3.8, 4) is 0 Å². The number of hydrogen-bond acceptors (Lipinski definition) is 4. The van der Waals surface area contributed by atoms with E-state index < -0.39 is 0 Å². The first-order chi connectivity index (χ1) is 16.8. The van der Waals surface area contributed by atoms with Gasteiger partial charge >= 0.3 is 0 Å². The van der Waals surface area contributed by atoms with Gasteiger partial charge in [0.15, 0.2) is 0 Å². The van der Waals surface area contributed by atoms with Crippen molar-refractivity contribution < 1.29 is 0 Å². The first-order valence-electron chi connectivity index (χ1n) is 13.1. The van der Waals surface area contributed by atoms with Gasteiger partial charge in [-0.25, -0.2) is 0 Å². The normalized spacial score (nSPS) is 11.3. The van der Waals surface area contributed by atoms with E-state index in [9.17, 15) is 0 Å². The number of hydrogen-bond donors (Lipinski definition) is 1. The van der Waals surface area contributed by atoms with Crippen LogP contribution in [0.4, 0.5) is 0 Å². The van der Waals surface area contributed by atoms with E-state index >= 15 is 0 Å². The van der Waals surface area contributed by atoms with Crippen molar-refractivity contribution in [3.63, 3.8) is 0 Å². The van der Waals surface area contributed by atoms with Gasteiger partial charge in [-0.1, -0.05) is 69.7 Å². The molecule has 35 heavy (non-hydrogen) atoms. The standard InChI is InChI=1S/C29H40N4.C2H6/c1-22-11-13-25(14-12-22)29(4,5)26-10-9-16-31-28(26)21-33(17-8-7-15-30-6)20-27-24(3)18-23(2)19-32-27;1-2/h9-14,16,18-19,30H,7-8,15,17,20-21H2,1-6H3;1-2H3. The minimum atomic E-state index is -0.118. The Morgan fingerprint density at radius 1 is 0.857 bits per heavy atom. The second kappa shape index (κ2) is 14.1. The summed E-state index contributed by atoms with van der Waals surface area (Å²) in [5, 5.41) is 3.26. The van der Waals surface area contributed by atoms with Crippen LogP contribution >= 0.6 is 0 Å². The molecule has 1 aromatic carbocycles. The lowest BCUT2D eigenvalue weighted by molar-refractivity contribution is 0.243. The zero-order valence-electron chi connectivity index (χ0n) is 23.3. The molecular weight excluding hydrogens is 428 g/mol. The molecule has 0 saturated carbocycles. The van der Waals surface area contributed by atoms with Crippen molar-refractivity contribution in [1.82, 2.24) is 20.2 Å². The van der Waals surface area contributed by atoms with Crippen LogP contribution in [-0.4, -0.2) is 35.0 Å². The van der Waals surface area contributed by atoms with Gasteiger partial charge in [-0.05, 0) is 82.1 Å². The number of aryl methyl sites for hydroxylation is 3. The third kappa shape index (κ3) is 8.26. The van der Waals surface area contributed by atoms with Gasteiger partial charge in [0.2, 0.25) is 0 Å². The van der Waals surface area contributed by atoms with Crippen LogP contribution < -0.4 is 5.32 Å². The van der Waals surface area contributed by atoms with E-state index in [0.29, 0.717) is 0 Å². The minimum Gasteiger partial charge on any atom is -0.320 e. The predicted molar refractivity (Wildman–Crippen MR) is 150 cm³/mol. The van der Waals surface area contributed by atoms with Gasteiger partial charge in [0.1, 0.15) is 0 Å². The molecule has 1 N–H and O–H groups in total. The maximum absolute atomic E-state index is 4.88. The van der Waals surface area contributed by atoms with Crippen molar-refractivity contribution >= 4 is 0 Å². The van der Waals surface area contributed by atoms with Gasteiger partial charge in [-0.2, -0.15) is 0 Å². The topological polar surface area (TPSA) is 41.0 Å². The average molecular weight is 475 g/mol. The van der Waals surface area contributed by atoms with Crippen molar-refractivity contribution in [1.29, 1.82) is 0 Å². The summed E-state index contributed by atoms with van der Waals surface area (Å²) in [4.78, 5) is 12.1. The quantitative estimate of drug-likeness (QED) is 0.312. The Morgan fingerprint density at radius 2 is 1.54 bits per heavy atom. The van der Waals surface area contributed by atoms with Crippen LogP contribution in [0.15, 0.2) is 54.9 Å². The van der Waals surface area contributed by atoms with E-state index in [-0.39, 0.29) is 5.41 Å². The molecular formula is C31H46N4. The van der Waals surface area contributed by atoms with Gasteiger partial charge in [-0.3, -0.25) is 14.9 Å². The molecule has 0 bridgehead atoms. The van der Waals surface area contributed by atoms with E-state index in [2.05, 4.69) is 87.3 Å². The average Bonchev–Trinajstić information content (AvgIpc) is 2.85. The van der Waals surface area contributed by atoms with E-state index in [4.69, 9.17) is 9.97 Å². The van der Waals surface area contributed by atoms with Gasteiger partial charge in [-0.15, -0.1) is 0 Å². The molecule has 0 aliphatic heterocycles. The molecule has 0 aliphatic carbocycles. The molecule has 0 fully saturated rings. The Bertz CT molecular complexity index is 1020. The van der Waals surface area contributed by atoms with E-state index in [0.717, 1.165) is 50.4 Å². The van der Waals surface area contributed by atoms with E-state index in [1.54, 1.807) is 0 Å². The fraction of sp³-hybridized carbons (Fsp3) is 0.484. The van der Waals surface area contributed by atoms with Gasteiger partial charge in [0, 0.05) is 30.9 Å². The highest BCUT2D eigenvalue weighted by Crippen LogP contribution is 2.33. The molecule has 0 atom stereocenters. The summed E-state index contributed by atoms with van der Waals surface area (Å²) in [6, 6.07) is 15.4. The number of unbranched alkanes of at least 4 members (excludes halogenated alkanes) is 1. The summed E-state index contributed by atoms with van der Waals surface area (Å²) >= 11 is 0. The zero-order valence-corrected chi connectivity index (χ0v) is 23.3. The lowest BCUT2D eigenvalue weighted by Gasteiger charge is -2.30. The highest BCUT2D eigenvalue weighted by atomic mass is 15.1. The molecule has 2 aromatic heterocycles. The summed E-state index contributed by atoms with van der Waals surface area (Å²) in [6.45, 7) is 18.8. The summed E-state index contributed by atoms with van der Waals surface area (Å²) < 4.78 is 0. The van der Waals surface area contributed by atoms with E-state index in [1.165, 1.54) is 27.8 Å². The molecule has 0 radical (unpaired) electrons. The van der Waals surface area contributed by atoms with Crippen LogP contribution in [-0.2, 0) is 18.5 Å². The second-order valence-corrected chi connectivity index (χ2v) is 9.79. The zero-order chi connectivity index (χ0) is 25.8. The van der Waals surface area contributed by atoms with Crippen molar-refractivity contribution in [2.75, 3.05) is 20.1 Å². The van der Waals surface area contributed by atoms with Gasteiger partial charge < -0.3 is 5.32 Å². The van der Waals surface area contributed by atoms with Crippen molar-refractivity contribution in [2.24, 2.45) is 0 Å². The Hall–Kier alpha value is -2.56. The van der Waals surface area contributed by atoms with Crippen molar-refractivity contribution in [2.45, 2.75) is 79.8 Å². The SMILES string of the molecule is CC.CNCCCCN(Cc1ncc(C)cc1C)Cc1ncccc1C(C)(C)c1ccc(C)cc1. The molecule has 3 aromatic rings. The van der Waals surface area contributed by atoms with Crippen LogP contribution in [0.1, 0.15) is 79.7 Å². The van der Waals surface area contributed by atoms with Gasteiger partial charge in [0.25, 0.3) is 0 Å². The number of aromatic nitrogens is 2. The molecule has 0 amide bonds. The highest BCUT2D eigenvalue weighted by Gasteiger charge is 2.27. The third-order valence-electron chi connectivity index (χ3n) is 6.56. The molecule has 0 unspecified atom stereocenters. The maximum Gasteiger partial charge on any atom is 0.0584 e. The highest BCUT2D eigenvalue weighted by molar-refractivity contribution is 5.40. The van der Waals surface area contributed by atoms with Crippen LogP contribution in [0.3, 0.4) is 0 Å². The predicted octanol–water partition coefficient (Wildman–Crippen LogP) is 6.76. The van der Waals surface area contributed by atoms with Crippen LogP contribution in [0, 0.1) is 20.8 Å². The summed E-state index contributed by atoms with van der Waals surface area (Å²) in [5.41, 5.74) is 8.56. The van der Waals surface area contributed by atoms with Crippen molar-refractivity contribution in [3.05, 3.63) is 94.1 Å². The number of nitrogens with one attached hydrogen (secondary N) is 1. The first kappa shape index (κ1) is 28.7. The van der Waals surface area contributed by atoms with Crippen LogP contribution in [0.2, 0.25) is 0 Å². The lowest BCUT2D eigenvalue weighted by Crippen LogP contribution is -2.29. The van der Waals surface area contributed by atoms with Crippen LogP contribution in [0.5, 0.6) is 0 Å². The smallest absolute Gasteiger partial charge is 0.0584 e. The monoisotopic (exact) mass is 474 g/mol. The Kier molecular flexibility index (Phi) is 11.6. The maximum atomic E-state index is 4.88. The number of nitrogens with zero attached hydrogens (tertiary/aromatic N) is 3. The minimum absolute atomic E-state index is 0.118. The molecule has 0 spiro atoms. The van der Waals surface area contributed by atoms with E-state index in [1.807, 2.05) is 33.3 Å². The summed E-state index contributed by atoms with van der Waals surface area (Å²) in [6.07, 6.45) is 6.22. The Labute approximate surface area is 214 Å². The second-order valence-electron chi connectivity index (χ2n) is 9.79. The lowest BCUT2D eigenvalue weighted by atomic mass is 9.77. The number of rotatable bonds is 11. The molecule has 2 heterocycles.